The number of likely N-dealkylation sites (tertiary alicyclic amines) is 1. The molecule has 0 bridgehead atoms. The van der Waals surface area contributed by atoms with Gasteiger partial charge >= 0.3 is 0 Å². The minimum absolute atomic E-state index is 0.105. The molecule has 2 fully saturated rings. The van der Waals surface area contributed by atoms with Gasteiger partial charge in [0.05, 0.1) is 6.10 Å². The van der Waals surface area contributed by atoms with Crippen LogP contribution in [0.1, 0.15) is 23.2 Å². The summed E-state index contributed by atoms with van der Waals surface area (Å²) >= 11 is 2.23. The Morgan fingerprint density at radius 3 is 2.61 bits per heavy atom. The Morgan fingerprint density at radius 2 is 1.94 bits per heavy atom. The number of carbonyl (C=O) groups excluding carboxylic acids is 1. The Morgan fingerprint density at radius 1 is 1.22 bits per heavy atom. The number of fused-ring (bicyclic) bond motifs is 1. The van der Waals surface area contributed by atoms with E-state index in [-0.39, 0.29) is 12.0 Å². The molecule has 1 N–H and O–H groups in total. The lowest BCUT2D eigenvalue weighted by molar-refractivity contribution is 0.0752. The van der Waals surface area contributed by atoms with Crippen LogP contribution in [0, 0.1) is 15.4 Å². The van der Waals surface area contributed by atoms with Crippen LogP contribution < -0.4 is 0 Å². The van der Waals surface area contributed by atoms with Gasteiger partial charge in [-0.1, -0.05) is 0 Å². The third kappa shape index (κ3) is 2.16. The van der Waals surface area contributed by atoms with E-state index in [2.05, 4.69) is 22.6 Å². The van der Waals surface area contributed by atoms with E-state index in [1.54, 1.807) is 0 Å². The lowest BCUT2D eigenvalue weighted by Gasteiger charge is -2.18. The van der Waals surface area contributed by atoms with E-state index in [0.29, 0.717) is 11.8 Å². The van der Waals surface area contributed by atoms with Crippen LogP contribution in [-0.4, -0.2) is 35.1 Å². The molecule has 1 aliphatic heterocycles. The first-order valence-corrected chi connectivity index (χ1v) is 7.46. The minimum Gasteiger partial charge on any atom is -0.393 e. The maximum absolute atomic E-state index is 12.3. The van der Waals surface area contributed by atoms with Crippen LogP contribution >= 0.6 is 22.6 Å². The third-order valence-electron chi connectivity index (χ3n) is 4.20. The van der Waals surface area contributed by atoms with Crippen LogP contribution in [0.3, 0.4) is 0 Å². The van der Waals surface area contributed by atoms with Gasteiger partial charge in [-0.15, -0.1) is 0 Å². The molecule has 0 spiro atoms. The predicted octanol–water partition coefficient (Wildman–Crippen LogP) is 2.13. The highest BCUT2D eigenvalue weighted by Crippen LogP contribution is 2.38. The van der Waals surface area contributed by atoms with Gasteiger partial charge in [0.2, 0.25) is 0 Å². The van der Waals surface area contributed by atoms with E-state index >= 15 is 0 Å². The Bertz CT molecular complexity index is 459. The molecular weight excluding hydrogens is 341 g/mol. The van der Waals surface area contributed by atoms with Crippen molar-refractivity contribution in [1.29, 1.82) is 0 Å². The molecule has 3 nitrogen and oxygen atoms in total. The van der Waals surface area contributed by atoms with Crippen molar-refractivity contribution in [3.63, 3.8) is 0 Å². The summed E-state index contributed by atoms with van der Waals surface area (Å²) in [5.74, 6) is 0.915. The van der Waals surface area contributed by atoms with Crippen LogP contribution in [0.5, 0.6) is 0 Å². The summed E-state index contributed by atoms with van der Waals surface area (Å²) in [6.07, 6.45) is 1.76. The van der Waals surface area contributed by atoms with Crippen molar-refractivity contribution in [1.82, 2.24) is 4.90 Å². The van der Waals surface area contributed by atoms with Crippen LogP contribution in [0.2, 0.25) is 0 Å². The van der Waals surface area contributed by atoms with Crippen molar-refractivity contribution >= 4 is 28.5 Å². The SMILES string of the molecule is O=C(c1ccc(I)cc1)N1CC2CCC(O)C2C1. The quantitative estimate of drug-likeness (QED) is 0.783. The average molecular weight is 357 g/mol. The van der Waals surface area contributed by atoms with E-state index in [4.69, 9.17) is 0 Å². The first-order valence-electron chi connectivity index (χ1n) is 6.38. The Balaban J connectivity index is 1.73. The lowest BCUT2D eigenvalue weighted by Crippen LogP contribution is -2.31. The second-order valence-electron chi connectivity index (χ2n) is 5.29. The molecule has 1 aromatic rings. The van der Waals surface area contributed by atoms with Gasteiger partial charge in [0, 0.05) is 28.1 Å². The van der Waals surface area contributed by atoms with Gasteiger partial charge in [-0.2, -0.15) is 0 Å². The molecule has 1 aliphatic carbocycles. The molecule has 18 heavy (non-hydrogen) atoms. The zero-order valence-electron chi connectivity index (χ0n) is 10.1. The highest BCUT2D eigenvalue weighted by molar-refractivity contribution is 14.1. The molecule has 3 unspecified atom stereocenters. The fourth-order valence-corrected chi connectivity index (χ4v) is 3.54. The zero-order valence-corrected chi connectivity index (χ0v) is 12.2. The van der Waals surface area contributed by atoms with Crippen molar-refractivity contribution in [3.05, 3.63) is 33.4 Å². The maximum atomic E-state index is 12.3. The van der Waals surface area contributed by atoms with Gasteiger partial charge in [0.1, 0.15) is 0 Å². The van der Waals surface area contributed by atoms with Crippen molar-refractivity contribution < 1.29 is 9.90 Å². The first-order chi connectivity index (χ1) is 8.65. The van der Waals surface area contributed by atoms with Crippen molar-refractivity contribution in [2.24, 2.45) is 11.8 Å². The number of nitrogens with zero attached hydrogens (tertiary/aromatic N) is 1. The van der Waals surface area contributed by atoms with Crippen molar-refractivity contribution in [2.45, 2.75) is 18.9 Å². The zero-order chi connectivity index (χ0) is 12.7. The monoisotopic (exact) mass is 357 g/mol. The standard InChI is InChI=1S/C14H16INO2/c15-11-4-1-9(2-5-11)14(18)16-7-10-3-6-13(17)12(10)8-16/h1-2,4-5,10,12-13,17H,3,6-8H2. The summed E-state index contributed by atoms with van der Waals surface area (Å²) < 4.78 is 1.14. The number of aliphatic hydroxyl groups is 1. The van der Waals surface area contributed by atoms with Crippen molar-refractivity contribution in [2.75, 3.05) is 13.1 Å². The second kappa shape index (κ2) is 4.81. The molecule has 1 saturated heterocycles. The molecule has 3 rings (SSSR count). The highest BCUT2D eigenvalue weighted by atomic mass is 127. The third-order valence-corrected chi connectivity index (χ3v) is 4.92. The van der Waals surface area contributed by atoms with Crippen LogP contribution in [0.4, 0.5) is 0 Å². The van der Waals surface area contributed by atoms with E-state index in [1.165, 1.54) is 0 Å². The molecule has 1 saturated carbocycles. The molecule has 96 valence electrons. The lowest BCUT2D eigenvalue weighted by atomic mass is 10.00. The van der Waals surface area contributed by atoms with E-state index in [0.717, 1.165) is 35.1 Å². The summed E-state index contributed by atoms with van der Waals surface area (Å²) in [4.78, 5) is 14.2. The molecule has 0 aromatic heterocycles. The number of aliphatic hydroxyl groups excluding tert-OH is 1. The Labute approximate surface area is 120 Å². The number of rotatable bonds is 1. The van der Waals surface area contributed by atoms with Gasteiger partial charge < -0.3 is 10.0 Å². The maximum Gasteiger partial charge on any atom is 0.253 e. The largest absolute Gasteiger partial charge is 0.393 e. The summed E-state index contributed by atoms with van der Waals surface area (Å²) in [6, 6.07) is 7.68. The summed E-state index contributed by atoms with van der Waals surface area (Å²) in [6.45, 7) is 1.53. The second-order valence-corrected chi connectivity index (χ2v) is 6.53. The molecule has 2 aliphatic rings. The summed E-state index contributed by atoms with van der Waals surface area (Å²) in [5.41, 5.74) is 0.755. The first kappa shape index (κ1) is 12.4. The predicted molar refractivity (Wildman–Crippen MR) is 77.3 cm³/mol. The van der Waals surface area contributed by atoms with Gasteiger partial charge in [-0.05, 0) is 65.6 Å². The smallest absolute Gasteiger partial charge is 0.253 e. The van der Waals surface area contributed by atoms with Gasteiger partial charge in [-0.25, -0.2) is 0 Å². The fourth-order valence-electron chi connectivity index (χ4n) is 3.18. The Kier molecular flexibility index (Phi) is 3.32. The molecule has 3 atom stereocenters. The molecule has 1 amide bonds. The van der Waals surface area contributed by atoms with Gasteiger partial charge in [0.25, 0.3) is 5.91 Å². The van der Waals surface area contributed by atoms with Gasteiger partial charge in [0.15, 0.2) is 0 Å². The molecule has 1 heterocycles. The highest BCUT2D eigenvalue weighted by Gasteiger charge is 2.43. The molecule has 1 aromatic carbocycles. The molecule has 0 radical (unpaired) electrons. The van der Waals surface area contributed by atoms with E-state index < -0.39 is 0 Å². The van der Waals surface area contributed by atoms with Crippen LogP contribution in [0.15, 0.2) is 24.3 Å². The van der Waals surface area contributed by atoms with Crippen LogP contribution in [0.25, 0.3) is 0 Å². The average Bonchev–Trinajstić information content (AvgIpc) is 2.92. The number of benzene rings is 1. The summed E-state index contributed by atoms with van der Waals surface area (Å²) in [7, 11) is 0. The topological polar surface area (TPSA) is 40.5 Å². The van der Waals surface area contributed by atoms with Crippen LogP contribution in [-0.2, 0) is 0 Å². The summed E-state index contributed by atoms with van der Waals surface area (Å²) in [5, 5.41) is 9.87. The van der Waals surface area contributed by atoms with E-state index in [1.807, 2.05) is 29.2 Å². The number of hydrogen-bond donors (Lipinski definition) is 1. The minimum atomic E-state index is -0.204. The fraction of sp³-hybridized carbons (Fsp3) is 0.500. The van der Waals surface area contributed by atoms with Gasteiger partial charge in [-0.3, -0.25) is 4.79 Å². The number of hydrogen-bond acceptors (Lipinski definition) is 2. The molecule has 4 heteroatoms. The normalized spacial score (nSPS) is 30.6. The number of amides is 1. The van der Waals surface area contributed by atoms with E-state index in [9.17, 15) is 9.90 Å². The molecular formula is C14H16INO2. The Hall–Kier alpha value is -0.620. The van der Waals surface area contributed by atoms with Crippen molar-refractivity contribution in [3.8, 4) is 0 Å². The number of carbonyl (C=O) groups is 1. The number of halogens is 1.